The highest BCUT2D eigenvalue weighted by molar-refractivity contribution is 5.78. The van der Waals surface area contributed by atoms with Gasteiger partial charge in [0.25, 0.3) is 5.69 Å². The van der Waals surface area contributed by atoms with Crippen LogP contribution in [0.15, 0.2) is 18.2 Å². The van der Waals surface area contributed by atoms with Gasteiger partial charge in [0.2, 0.25) is 0 Å². The summed E-state index contributed by atoms with van der Waals surface area (Å²) in [5.41, 5.74) is -1.18. The van der Waals surface area contributed by atoms with Crippen LogP contribution in [-0.2, 0) is 11.3 Å². The molecule has 1 aromatic rings. The maximum Gasteiger partial charge on any atom is 0.323 e. The molecule has 1 atom stereocenters. The SMILES string of the molecule is CCC(C)(NCc1cc(F)cc([N+](=O)[O-])c1)C(=O)O. The molecule has 0 aliphatic rings. The highest BCUT2D eigenvalue weighted by Crippen LogP contribution is 2.17. The van der Waals surface area contributed by atoms with Crippen molar-refractivity contribution in [3.05, 3.63) is 39.7 Å². The summed E-state index contributed by atoms with van der Waals surface area (Å²) >= 11 is 0. The van der Waals surface area contributed by atoms with E-state index in [0.29, 0.717) is 12.0 Å². The Hall–Kier alpha value is -2.02. The summed E-state index contributed by atoms with van der Waals surface area (Å²) in [4.78, 5) is 21.0. The Morgan fingerprint density at radius 2 is 2.16 bits per heavy atom. The van der Waals surface area contributed by atoms with Gasteiger partial charge in [0.05, 0.1) is 11.0 Å². The Kier molecular flexibility index (Phi) is 4.55. The lowest BCUT2D eigenvalue weighted by Crippen LogP contribution is -2.48. The van der Waals surface area contributed by atoms with Gasteiger partial charge in [-0.1, -0.05) is 6.92 Å². The normalized spacial score (nSPS) is 13.8. The maximum absolute atomic E-state index is 13.2. The average molecular weight is 270 g/mol. The number of carbonyl (C=O) groups is 1. The fourth-order valence-corrected chi connectivity index (χ4v) is 1.49. The van der Waals surface area contributed by atoms with Gasteiger partial charge in [-0.05, 0) is 25.0 Å². The number of nitrogens with zero attached hydrogens (tertiary/aromatic N) is 1. The van der Waals surface area contributed by atoms with Gasteiger partial charge in [0.1, 0.15) is 11.4 Å². The van der Waals surface area contributed by atoms with Crippen LogP contribution in [-0.4, -0.2) is 21.5 Å². The van der Waals surface area contributed by atoms with Gasteiger partial charge in [-0.15, -0.1) is 0 Å². The summed E-state index contributed by atoms with van der Waals surface area (Å²) in [5.74, 6) is -1.75. The second kappa shape index (κ2) is 5.75. The van der Waals surface area contributed by atoms with E-state index in [4.69, 9.17) is 5.11 Å². The number of benzene rings is 1. The molecule has 0 saturated carbocycles. The summed E-state index contributed by atoms with van der Waals surface area (Å²) in [7, 11) is 0. The molecule has 0 aliphatic carbocycles. The van der Waals surface area contributed by atoms with Crippen molar-refractivity contribution in [3.63, 3.8) is 0 Å². The largest absolute Gasteiger partial charge is 0.480 e. The van der Waals surface area contributed by atoms with Crippen LogP contribution in [0.4, 0.5) is 10.1 Å². The van der Waals surface area contributed by atoms with Crippen LogP contribution < -0.4 is 5.32 Å². The number of carboxylic acid groups (broad SMARTS) is 1. The predicted molar refractivity (Wildman–Crippen MR) is 66.2 cm³/mol. The molecule has 6 nitrogen and oxygen atoms in total. The summed E-state index contributed by atoms with van der Waals surface area (Å²) in [5, 5.41) is 22.4. The number of aliphatic carboxylic acids is 1. The molecule has 0 amide bonds. The van der Waals surface area contributed by atoms with Crippen LogP contribution in [0.25, 0.3) is 0 Å². The first-order valence-corrected chi connectivity index (χ1v) is 5.71. The lowest BCUT2D eigenvalue weighted by Gasteiger charge is -2.24. The number of hydrogen-bond acceptors (Lipinski definition) is 4. The number of nitro groups is 1. The number of rotatable bonds is 6. The minimum Gasteiger partial charge on any atom is -0.480 e. The van der Waals surface area contributed by atoms with Crippen molar-refractivity contribution in [2.24, 2.45) is 0 Å². The molecule has 1 unspecified atom stereocenters. The van der Waals surface area contributed by atoms with E-state index in [0.717, 1.165) is 12.1 Å². The number of nitrogens with one attached hydrogen (secondary N) is 1. The van der Waals surface area contributed by atoms with Crippen LogP contribution >= 0.6 is 0 Å². The Morgan fingerprint density at radius 1 is 1.53 bits per heavy atom. The van der Waals surface area contributed by atoms with Crippen molar-refractivity contribution in [2.45, 2.75) is 32.4 Å². The Morgan fingerprint density at radius 3 is 2.63 bits per heavy atom. The third kappa shape index (κ3) is 3.72. The Labute approximate surface area is 109 Å². The van der Waals surface area contributed by atoms with Crippen LogP contribution in [0.2, 0.25) is 0 Å². The summed E-state index contributed by atoms with van der Waals surface area (Å²) in [6.07, 6.45) is 0.333. The summed E-state index contributed by atoms with van der Waals surface area (Å²) < 4.78 is 13.2. The molecule has 0 aromatic heterocycles. The van der Waals surface area contributed by atoms with Crippen molar-refractivity contribution in [1.82, 2.24) is 5.32 Å². The fourth-order valence-electron chi connectivity index (χ4n) is 1.49. The lowest BCUT2D eigenvalue weighted by molar-refractivity contribution is -0.385. The van der Waals surface area contributed by atoms with Gasteiger partial charge in [-0.2, -0.15) is 0 Å². The standard InChI is InChI=1S/C12H15FN2O4/c1-3-12(2,11(16)17)14-7-8-4-9(13)6-10(5-8)15(18)19/h4-6,14H,3,7H2,1-2H3,(H,16,17). The molecular formula is C12H15FN2O4. The van der Waals surface area contributed by atoms with Crippen LogP contribution in [0.3, 0.4) is 0 Å². The van der Waals surface area contributed by atoms with Gasteiger partial charge in [0.15, 0.2) is 0 Å². The average Bonchev–Trinajstić information content (AvgIpc) is 2.35. The zero-order valence-electron chi connectivity index (χ0n) is 10.6. The highest BCUT2D eigenvalue weighted by atomic mass is 19.1. The quantitative estimate of drug-likeness (QED) is 0.609. The van der Waals surface area contributed by atoms with Crippen LogP contribution in [0, 0.1) is 15.9 Å². The van der Waals surface area contributed by atoms with Crippen molar-refractivity contribution in [3.8, 4) is 0 Å². The van der Waals surface area contributed by atoms with E-state index in [1.165, 1.54) is 13.0 Å². The third-order valence-electron chi connectivity index (χ3n) is 3.01. The van der Waals surface area contributed by atoms with E-state index in [1.54, 1.807) is 6.92 Å². The van der Waals surface area contributed by atoms with Gasteiger partial charge < -0.3 is 5.11 Å². The number of nitro benzene ring substituents is 1. The van der Waals surface area contributed by atoms with E-state index in [2.05, 4.69) is 5.32 Å². The first-order chi connectivity index (χ1) is 8.78. The lowest BCUT2D eigenvalue weighted by atomic mass is 9.99. The van der Waals surface area contributed by atoms with Crippen molar-refractivity contribution in [2.75, 3.05) is 0 Å². The highest BCUT2D eigenvalue weighted by Gasteiger charge is 2.30. The zero-order valence-corrected chi connectivity index (χ0v) is 10.6. The molecule has 0 radical (unpaired) electrons. The fraction of sp³-hybridized carbons (Fsp3) is 0.417. The van der Waals surface area contributed by atoms with Crippen molar-refractivity contribution < 1.29 is 19.2 Å². The molecule has 0 bridgehead atoms. The second-order valence-corrected chi connectivity index (χ2v) is 4.42. The van der Waals surface area contributed by atoms with Crippen LogP contribution in [0.5, 0.6) is 0 Å². The monoisotopic (exact) mass is 270 g/mol. The molecule has 0 fully saturated rings. The van der Waals surface area contributed by atoms with Gasteiger partial charge in [-0.25, -0.2) is 4.39 Å². The van der Waals surface area contributed by atoms with E-state index < -0.39 is 22.2 Å². The van der Waals surface area contributed by atoms with Crippen molar-refractivity contribution in [1.29, 1.82) is 0 Å². The van der Waals surface area contributed by atoms with Gasteiger partial charge in [0, 0.05) is 12.6 Å². The number of non-ortho nitro benzene ring substituents is 1. The molecule has 0 aliphatic heterocycles. The van der Waals surface area contributed by atoms with E-state index in [9.17, 15) is 19.3 Å². The molecule has 0 saturated heterocycles. The van der Waals surface area contributed by atoms with Gasteiger partial charge >= 0.3 is 5.97 Å². The maximum atomic E-state index is 13.2. The van der Waals surface area contributed by atoms with E-state index in [-0.39, 0.29) is 12.2 Å². The van der Waals surface area contributed by atoms with Crippen LogP contribution in [0.1, 0.15) is 25.8 Å². The molecule has 1 aromatic carbocycles. The number of carboxylic acids is 1. The molecule has 0 heterocycles. The molecule has 104 valence electrons. The Balaban J connectivity index is 2.89. The van der Waals surface area contributed by atoms with Gasteiger partial charge in [-0.3, -0.25) is 20.2 Å². The first kappa shape index (κ1) is 15.0. The molecule has 0 spiro atoms. The number of halogens is 1. The minimum absolute atomic E-state index is 0.0369. The van der Waals surface area contributed by atoms with Crippen molar-refractivity contribution >= 4 is 11.7 Å². The van der Waals surface area contributed by atoms with E-state index >= 15 is 0 Å². The molecule has 19 heavy (non-hydrogen) atoms. The predicted octanol–water partition coefficient (Wildman–Crippen LogP) is 2.08. The molecule has 2 N–H and O–H groups in total. The first-order valence-electron chi connectivity index (χ1n) is 5.71. The minimum atomic E-state index is -1.15. The number of hydrogen-bond donors (Lipinski definition) is 2. The van der Waals surface area contributed by atoms with E-state index in [1.807, 2.05) is 0 Å². The second-order valence-electron chi connectivity index (χ2n) is 4.42. The summed E-state index contributed by atoms with van der Waals surface area (Å²) in [6.45, 7) is 3.24. The molecular weight excluding hydrogens is 255 g/mol. The molecule has 1 rings (SSSR count). The third-order valence-corrected chi connectivity index (χ3v) is 3.01. The zero-order chi connectivity index (χ0) is 14.6. The Bertz CT molecular complexity index is 507. The summed E-state index contributed by atoms with van der Waals surface area (Å²) in [6, 6.07) is 3.17. The topological polar surface area (TPSA) is 92.5 Å². The smallest absolute Gasteiger partial charge is 0.323 e. The molecule has 7 heteroatoms.